The van der Waals surface area contributed by atoms with Gasteiger partial charge in [-0.15, -0.1) is 0 Å². The SMILES string of the molecule is CCOc1ccccc1-c1nc(CC)c(Br)c(NC)n1. The molecule has 0 saturated carbocycles. The summed E-state index contributed by atoms with van der Waals surface area (Å²) in [5.41, 5.74) is 1.89. The van der Waals surface area contributed by atoms with Crippen molar-refractivity contribution in [3.63, 3.8) is 0 Å². The normalized spacial score (nSPS) is 10.4. The maximum atomic E-state index is 5.66. The third-order valence-electron chi connectivity index (χ3n) is 2.92. The molecule has 2 aromatic rings. The van der Waals surface area contributed by atoms with Crippen LogP contribution in [0.25, 0.3) is 11.4 Å². The van der Waals surface area contributed by atoms with Crippen LogP contribution < -0.4 is 10.1 Å². The Kier molecular flexibility index (Phi) is 4.95. The molecule has 106 valence electrons. The van der Waals surface area contributed by atoms with E-state index in [-0.39, 0.29) is 0 Å². The van der Waals surface area contributed by atoms with E-state index in [1.807, 2.05) is 38.2 Å². The number of nitrogens with one attached hydrogen (secondary N) is 1. The van der Waals surface area contributed by atoms with Gasteiger partial charge in [-0.05, 0) is 41.4 Å². The van der Waals surface area contributed by atoms with Gasteiger partial charge in [-0.2, -0.15) is 0 Å². The Bertz CT molecular complexity index is 576. The van der Waals surface area contributed by atoms with E-state index in [1.54, 1.807) is 0 Å². The Morgan fingerprint density at radius 2 is 1.95 bits per heavy atom. The van der Waals surface area contributed by atoms with Gasteiger partial charge in [0.15, 0.2) is 5.82 Å². The van der Waals surface area contributed by atoms with E-state index < -0.39 is 0 Å². The standard InChI is InChI=1S/C15H18BrN3O/c1-4-11-13(16)15(17-3)19-14(18-11)10-8-6-7-9-12(10)20-5-2/h6-9H,4-5H2,1-3H3,(H,17,18,19). The van der Waals surface area contributed by atoms with Gasteiger partial charge in [0.2, 0.25) is 0 Å². The molecule has 0 radical (unpaired) electrons. The first-order valence-electron chi connectivity index (χ1n) is 6.67. The van der Waals surface area contributed by atoms with E-state index in [9.17, 15) is 0 Å². The summed E-state index contributed by atoms with van der Waals surface area (Å²) >= 11 is 3.54. The molecule has 1 aromatic carbocycles. The van der Waals surface area contributed by atoms with Crippen LogP contribution in [-0.2, 0) is 6.42 Å². The maximum absolute atomic E-state index is 5.66. The number of benzene rings is 1. The average Bonchev–Trinajstić information content (AvgIpc) is 2.48. The highest BCUT2D eigenvalue weighted by Crippen LogP contribution is 2.31. The van der Waals surface area contributed by atoms with Crippen LogP contribution in [-0.4, -0.2) is 23.6 Å². The van der Waals surface area contributed by atoms with Gasteiger partial charge in [0.05, 0.1) is 22.3 Å². The fourth-order valence-electron chi connectivity index (χ4n) is 1.95. The Morgan fingerprint density at radius 1 is 1.20 bits per heavy atom. The van der Waals surface area contributed by atoms with E-state index in [0.29, 0.717) is 12.4 Å². The van der Waals surface area contributed by atoms with E-state index in [2.05, 4.69) is 38.1 Å². The van der Waals surface area contributed by atoms with Gasteiger partial charge < -0.3 is 10.1 Å². The van der Waals surface area contributed by atoms with E-state index in [0.717, 1.165) is 33.7 Å². The number of hydrogen-bond donors (Lipinski definition) is 1. The lowest BCUT2D eigenvalue weighted by Crippen LogP contribution is -2.04. The zero-order valence-corrected chi connectivity index (χ0v) is 13.5. The summed E-state index contributed by atoms with van der Waals surface area (Å²) in [5.74, 6) is 2.28. The number of ether oxygens (including phenoxy) is 1. The topological polar surface area (TPSA) is 47.0 Å². The summed E-state index contributed by atoms with van der Waals surface area (Å²) in [4.78, 5) is 9.20. The first kappa shape index (κ1) is 14.8. The Labute approximate surface area is 127 Å². The first-order chi connectivity index (χ1) is 9.71. The Hall–Kier alpha value is -1.62. The van der Waals surface area contributed by atoms with Crippen LogP contribution in [0.2, 0.25) is 0 Å². The lowest BCUT2D eigenvalue weighted by Gasteiger charge is -2.13. The molecule has 2 rings (SSSR count). The molecule has 0 unspecified atom stereocenters. The van der Waals surface area contributed by atoms with Crippen LogP contribution in [0.5, 0.6) is 5.75 Å². The van der Waals surface area contributed by atoms with Crippen molar-refractivity contribution >= 4 is 21.7 Å². The van der Waals surface area contributed by atoms with E-state index in [4.69, 9.17) is 4.74 Å². The van der Waals surface area contributed by atoms with Gasteiger partial charge in [0.25, 0.3) is 0 Å². The summed E-state index contributed by atoms with van der Waals surface area (Å²) in [5, 5.41) is 3.09. The number of aryl methyl sites for hydroxylation is 1. The van der Waals surface area contributed by atoms with Crippen molar-refractivity contribution in [3.05, 3.63) is 34.4 Å². The smallest absolute Gasteiger partial charge is 0.165 e. The summed E-state index contributed by atoms with van der Waals surface area (Å²) in [6.45, 7) is 4.66. The van der Waals surface area contributed by atoms with Crippen LogP contribution in [0.3, 0.4) is 0 Å². The molecule has 0 fully saturated rings. The lowest BCUT2D eigenvalue weighted by molar-refractivity contribution is 0.341. The van der Waals surface area contributed by atoms with Crippen molar-refractivity contribution in [2.24, 2.45) is 0 Å². The minimum Gasteiger partial charge on any atom is -0.493 e. The maximum Gasteiger partial charge on any atom is 0.165 e. The molecule has 0 aliphatic carbocycles. The number of para-hydroxylation sites is 1. The van der Waals surface area contributed by atoms with Gasteiger partial charge in [0.1, 0.15) is 11.6 Å². The van der Waals surface area contributed by atoms with E-state index >= 15 is 0 Å². The van der Waals surface area contributed by atoms with Crippen molar-refractivity contribution < 1.29 is 4.74 Å². The lowest BCUT2D eigenvalue weighted by atomic mass is 10.1. The first-order valence-corrected chi connectivity index (χ1v) is 7.46. The summed E-state index contributed by atoms with van der Waals surface area (Å²) in [6.07, 6.45) is 0.835. The van der Waals surface area contributed by atoms with Crippen LogP contribution in [0.15, 0.2) is 28.7 Å². The van der Waals surface area contributed by atoms with Crippen molar-refractivity contribution in [1.29, 1.82) is 0 Å². The van der Waals surface area contributed by atoms with Gasteiger partial charge in [-0.3, -0.25) is 0 Å². The zero-order chi connectivity index (χ0) is 14.5. The van der Waals surface area contributed by atoms with Gasteiger partial charge in [0, 0.05) is 7.05 Å². The molecule has 1 aromatic heterocycles. The van der Waals surface area contributed by atoms with Crippen LogP contribution in [0.1, 0.15) is 19.5 Å². The number of aromatic nitrogens is 2. The van der Waals surface area contributed by atoms with Gasteiger partial charge >= 0.3 is 0 Å². The quantitative estimate of drug-likeness (QED) is 0.899. The van der Waals surface area contributed by atoms with Crippen molar-refractivity contribution in [3.8, 4) is 17.1 Å². The average molecular weight is 336 g/mol. The third-order valence-corrected chi connectivity index (χ3v) is 3.75. The Morgan fingerprint density at radius 3 is 2.60 bits per heavy atom. The number of nitrogens with zero attached hydrogens (tertiary/aromatic N) is 2. The monoisotopic (exact) mass is 335 g/mol. The van der Waals surface area contributed by atoms with Crippen molar-refractivity contribution in [2.45, 2.75) is 20.3 Å². The molecule has 0 spiro atoms. The van der Waals surface area contributed by atoms with Gasteiger partial charge in [-0.1, -0.05) is 19.1 Å². The molecule has 4 nitrogen and oxygen atoms in total. The number of rotatable bonds is 5. The molecule has 20 heavy (non-hydrogen) atoms. The number of anilines is 1. The molecular formula is C15H18BrN3O. The predicted molar refractivity (Wildman–Crippen MR) is 85.3 cm³/mol. The predicted octanol–water partition coefficient (Wildman–Crippen LogP) is 3.91. The van der Waals surface area contributed by atoms with Crippen LogP contribution >= 0.6 is 15.9 Å². The van der Waals surface area contributed by atoms with Gasteiger partial charge in [-0.25, -0.2) is 9.97 Å². The molecular weight excluding hydrogens is 318 g/mol. The molecule has 0 atom stereocenters. The Balaban J connectivity index is 2.58. The highest BCUT2D eigenvalue weighted by Gasteiger charge is 2.14. The highest BCUT2D eigenvalue weighted by atomic mass is 79.9. The molecule has 0 bridgehead atoms. The van der Waals surface area contributed by atoms with Crippen molar-refractivity contribution in [2.75, 3.05) is 19.0 Å². The van der Waals surface area contributed by atoms with E-state index in [1.165, 1.54) is 0 Å². The fourth-order valence-corrected chi connectivity index (χ4v) is 2.60. The molecule has 0 aliphatic rings. The van der Waals surface area contributed by atoms with Crippen molar-refractivity contribution in [1.82, 2.24) is 9.97 Å². The van der Waals surface area contributed by atoms with Crippen LogP contribution in [0.4, 0.5) is 5.82 Å². The zero-order valence-electron chi connectivity index (χ0n) is 11.9. The largest absolute Gasteiger partial charge is 0.493 e. The molecule has 0 amide bonds. The third kappa shape index (κ3) is 2.93. The second-order valence-electron chi connectivity index (χ2n) is 4.19. The second kappa shape index (κ2) is 6.70. The number of hydrogen-bond acceptors (Lipinski definition) is 4. The number of halogens is 1. The molecule has 5 heteroatoms. The summed E-state index contributed by atoms with van der Waals surface area (Å²) < 4.78 is 6.57. The minimum absolute atomic E-state index is 0.618. The molecule has 0 saturated heterocycles. The molecule has 1 heterocycles. The summed E-state index contributed by atoms with van der Waals surface area (Å²) in [6, 6.07) is 7.84. The highest BCUT2D eigenvalue weighted by molar-refractivity contribution is 9.10. The molecule has 1 N–H and O–H groups in total. The second-order valence-corrected chi connectivity index (χ2v) is 4.98. The summed E-state index contributed by atoms with van der Waals surface area (Å²) in [7, 11) is 1.85. The molecule has 0 aliphatic heterocycles. The fraction of sp³-hybridized carbons (Fsp3) is 0.333. The van der Waals surface area contributed by atoms with Crippen LogP contribution in [0, 0.1) is 0 Å². The minimum atomic E-state index is 0.618.